The quantitative estimate of drug-likeness (QED) is 0.455. The van der Waals surface area contributed by atoms with Crippen LogP contribution < -0.4 is 9.47 Å². The van der Waals surface area contributed by atoms with Crippen molar-refractivity contribution in [2.75, 3.05) is 33.3 Å². The van der Waals surface area contributed by atoms with Crippen LogP contribution in [0.3, 0.4) is 0 Å². The fourth-order valence-corrected chi connectivity index (χ4v) is 4.40. The monoisotopic (exact) mass is 495 g/mol. The molecule has 0 aromatic heterocycles. The summed E-state index contributed by atoms with van der Waals surface area (Å²) in [5, 5.41) is 0. The molecule has 3 aromatic rings. The van der Waals surface area contributed by atoms with Crippen molar-refractivity contribution in [2.24, 2.45) is 4.99 Å². The van der Waals surface area contributed by atoms with Crippen molar-refractivity contribution in [3.63, 3.8) is 0 Å². The maximum atomic E-state index is 13.4. The number of nitrogens with zero attached hydrogens (tertiary/aromatic N) is 3. The van der Waals surface area contributed by atoms with Gasteiger partial charge < -0.3 is 19.3 Å². The van der Waals surface area contributed by atoms with Gasteiger partial charge in [0.05, 0.1) is 18.2 Å². The molecule has 1 amide bonds. The van der Waals surface area contributed by atoms with Crippen LogP contribution in [0.5, 0.6) is 17.2 Å². The lowest BCUT2D eigenvalue weighted by Crippen LogP contribution is -2.37. The zero-order chi connectivity index (χ0) is 25.3. The number of halogens is 3. The maximum Gasteiger partial charge on any atom is 0.416 e. The number of benzene rings is 3. The second-order valence-electron chi connectivity index (χ2n) is 8.58. The Balaban J connectivity index is 1.51. The highest BCUT2D eigenvalue weighted by Crippen LogP contribution is 2.42. The number of carbonyl (C=O) groups is 1. The van der Waals surface area contributed by atoms with E-state index in [2.05, 4.69) is 4.99 Å². The van der Waals surface area contributed by atoms with Gasteiger partial charge in [0, 0.05) is 31.7 Å². The summed E-state index contributed by atoms with van der Waals surface area (Å²) in [6.45, 7) is 2.04. The van der Waals surface area contributed by atoms with Gasteiger partial charge in [0.15, 0.2) is 5.75 Å². The summed E-state index contributed by atoms with van der Waals surface area (Å²) < 4.78 is 51.7. The lowest BCUT2D eigenvalue weighted by molar-refractivity contribution is -0.137. The van der Waals surface area contributed by atoms with Gasteiger partial charge in [-0.3, -0.25) is 4.79 Å². The molecule has 1 fully saturated rings. The van der Waals surface area contributed by atoms with Gasteiger partial charge in [-0.25, -0.2) is 4.99 Å². The molecular formula is C27H24F3N3O3. The highest BCUT2D eigenvalue weighted by Gasteiger charge is 2.33. The van der Waals surface area contributed by atoms with Crippen LogP contribution in [0.1, 0.15) is 27.9 Å². The Hall–Kier alpha value is -4.01. The molecule has 186 valence electrons. The lowest BCUT2D eigenvalue weighted by Gasteiger charge is -2.25. The summed E-state index contributed by atoms with van der Waals surface area (Å²) in [5.41, 5.74) is 0.528. The molecular weight excluding hydrogens is 471 g/mol. The molecule has 2 heterocycles. The van der Waals surface area contributed by atoms with Crippen molar-refractivity contribution >= 4 is 17.4 Å². The molecule has 0 radical (unpaired) electrons. The van der Waals surface area contributed by atoms with E-state index in [1.807, 2.05) is 23.1 Å². The third-order valence-electron chi connectivity index (χ3n) is 6.26. The van der Waals surface area contributed by atoms with Crippen LogP contribution in [-0.4, -0.2) is 54.8 Å². The fourth-order valence-electron chi connectivity index (χ4n) is 4.40. The van der Waals surface area contributed by atoms with E-state index in [1.165, 1.54) is 6.07 Å². The van der Waals surface area contributed by atoms with Crippen LogP contribution in [-0.2, 0) is 6.18 Å². The van der Waals surface area contributed by atoms with E-state index < -0.39 is 11.7 Å². The lowest BCUT2D eigenvalue weighted by atomic mass is 10.1. The van der Waals surface area contributed by atoms with E-state index in [0.717, 1.165) is 12.1 Å². The SMILES string of the molecule is COc1ccc2c(c1)C(N1CCCN(C(=O)c3ccccc3)CC1)=Nc1cc(C(F)(F)F)ccc1O2. The molecule has 0 aliphatic carbocycles. The Labute approximate surface area is 206 Å². The summed E-state index contributed by atoms with van der Waals surface area (Å²) in [6.07, 6.45) is -3.83. The first kappa shape index (κ1) is 23.7. The standard InChI is InChI=1S/C27H24F3N3O3/c1-35-20-9-11-23-21(17-20)25(31-22-16-19(27(28,29)30)8-10-24(22)36-23)32-12-5-13-33(15-14-32)26(34)18-6-3-2-4-7-18/h2-4,6-11,16-17H,5,12-15H2,1H3. The summed E-state index contributed by atoms with van der Waals surface area (Å²) in [7, 11) is 1.54. The van der Waals surface area contributed by atoms with Crippen molar-refractivity contribution in [1.29, 1.82) is 0 Å². The van der Waals surface area contributed by atoms with Crippen LogP contribution in [0.4, 0.5) is 18.9 Å². The minimum atomic E-state index is -4.51. The molecule has 9 heteroatoms. The topological polar surface area (TPSA) is 54.4 Å². The van der Waals surface area contributed by atoms with Gasteiger partial charge in [0.1, 0.15) is 23.0 Å². The first-order valence-electron chi connectivity index (χ1n) is 11.6. The third kappa shape index (κ3) is 4.73. The molecule has 36 heavy (non-hydrogen) atoms. The highest BCUT2D eigenvalue weighted by atomic mass is 19.4. The van der Waals surface area contributed by atoms with Crippen LogP contribution in [0, 0.1) is 0 Å². The van der Waals surface area contributed by atoms with Crippen LogP contribution in [0.25, 0.3) is 0 Å². The number of alkyl halides is 3. The Kier molecular flexibility index (Phi) is 6.30. The number of amidine groups is 1. The summed E-state index contributed by atoms with van der Waals surface area (Å²) in [4.78, 5) is 21.5. The van der Waals surface area contributed by atoms with E-state index in [4.69, 9.17) is 9.47 Å². The average molecular weight is 496 g/mol. The minimum absolute atomic E-state index is 0.0502. The molecule has 0 atom stereocenters. The van der Waals surface area contributed by atoms with E-state index in [9.17, 15) is 18.0 Å². The van der Waals surface area contributed by atoms with Gasteiger partial charge >= 0.3 is 6.18 Å². The average Bonchev–Trinajstić information content (AvgIpc) is 3.22. The molecule has 1 saturated heterocycles. The zero-order valence-corrected chi connectivity index (χ0v) is 19.6. The van der Waals surface area contributed by atoms with E-state index in [1.54, 1.807) is 42.3 Å². The van der Waals surface area contributed by atoms with Gasteiger partial charge in [-0.15, -0.1) is 0 Å². The predicted molar refractivity (Wildman–Crippen MR) is 129 cm³/mol. The molecule has 0 saturated carbocycles. The highest BCUT2D eigenvalue weighted by molar-refractivity contribution is 6.04. The molecule has 2 aliphatic heterocycles. The zero-order valence-electron chi connectivity index (χ0n) is 19.6. The number of hydrogen-bond acceptors (Lipinski definition) is 5. The normalized spacial score (nSPS) is 15.6. The second kappa shape index (κ2) is 9.56. The molecule has 0 N–H and O–H groups in total. The van der Waals surface area contributed by atoms with E-state index >= 15 is 0 Å². The van der Waals surface area contributed by atoms with Gasteiger partial charge in [-0.2, -0.15) is 13.2 Å². The van der Waals surface area contributed by atoms with Crippen LogP contribution in [0.2, 0.25) is 0 Å². The molecule has 6 nitrogen and oxygen atoms in total. The predicted octanol–water partition coefficient (Wildman–Crippen LogP) is 5.75. The Bertz CT molecular complexity index is 1310. The Morgan fingerprint density at radius 1 is 0.944 bits per heavy atom. The number of carbonyl (C=O) groups excluding carboxylic acids is 1. The van der Waals surface area contributed by atoms with Crippen molar-refractivity contribution in [1.82, 2.24) is 9.80 Å². The fraction of sp³-hybridized carbons (Fsp3) is 0.259. The number of methoxy groups -OCH3 is 1. The van der Waals surface area contributed by atoms with Crippen LogP contribution >= 0.6 is 0 Å². The van der Waals surface area contributed by atoms with E-state index in [-0.39, 0.29) is 17.3 Å². The van der Waals surface area contributed by atoms with Crippen molar-refractivity contribution in [3.05, 3.63) is 83.4 Å². The molecule has 0 spiro atoms. The number of ether oxygens (including phenoxy) is 2. The van der Waals surface area contributed by atoms with Crippen molar-refractivity contribution < 1.29 is 27.4 Å². The number of aliphatic imine (C=N–C) groups is 1. The number of rotatable bonds is 2. The summed E-state index contributed by atoms with van der Waals surface area (Å²) >= 11 is 0. The number of fused-ring (bicyclic) bond motifs is 2. The minimum Gasteiger partial charge on any atom is -0.497 e. The smallest absolute Gasteiger partial charge is 0.416 e. The first-order chi connectivity index (χ1) is 17.3. The first-order valence-corrected chi connectivity index (χ1v) is 11.6. The van der Waals surface area contributed by atoms with Crippen molar-refractivity contribution in [3.8, 4) is 17.2 Å². The van der Waals surface area contributed by atoms with E-state index in [0.29, 0.717) is 61.1 Å². The molecule has 0 bridgehead atoms. The van der Waals surface area contributed by atoms with Gasteiger partial charge in [0.25, 0.3) is 5.91 Å². The summed E-state index contributed by atoms with van der Waals surface area (Å²) in [5.74, 6) is 1.71. The Morgan fingerprint density at radius 2 is 1.72 bits per heavy atom. The summed E-state index contributed by atoms with van der Waals surface area (Å²) in [6, 6.07) is 17.6. The van der Waals surface area contributed by atoms with Gasteiger partial charge in [0.2, 0.25) is 0 Å². The van der Waals surface area contributed by atoms with Gasteiger partial charge in [-0.1, -0.05) is 18.2 Å². The largest absolute Gasteiger partial charge is 0.497 e. The van der Waals surface area contributed by atoms with Crippen LogP contribution in [0.15, 0.2) is 71.7 Å². The number of amides is 1. The third-order valence-corrected chi connectivity index (χ3v) is 6.26. The van der Waals surface area contributed by atoms with Gasteiger partial charge in [-0.05, 0) is 55.0 Å². The molecule has 3 aromatic carbocycles. The number of hydrogen-bond donors (Lipinski definition) is 0. The van der Waals surface area contributed by atoms with Crippen molar-refractivity contribution in [2.45, 2.75) is 12.6 Å². The molecule has 2 aliphatic rings. The maximum absolute atomic E-state index is 13.4. The second-order valence-corrected chi connectivity index (χ2v) is 8.58. The molecule has 5 rings (SSSR count). The molecule has 0 unspecified atom stereocenters. The Morgan fingerprint density at radius 3 is 2.47 bits per heavy atom.